The van der Waals surface area contributed by atoms with Crippen LogP contribution in [0.3, 0.4) is 0 Å². The number of hydrogen-bond donors (Lipinski definition) is 0. The van der Waals surface area contributed by atoms with E-state index in [-0.39, 0.29) is 17.8 Å². The molecule has 2 atom stereocenters. The number of rotatable bonds is 6. The molecule has 0 radical (unpaired) electrons. The van der Waals surface area contributed by atoms with E-state index in [1.54, 1.807) is 33.5 Å². The third-order valence-electron chi connectivity index (χ3n) is 5.26. The molecule has 0 bridgehead atoms. The first kappa shape index (κ1) is 18.6. The molecule has 1 fully saturated rings. The van der Waals surface area contributed by atoms with Crippen molar-refractivity contribution in [2.45, 2.75) is 12.6 Å². The van der Waals surface area contributed by atoms with Gasteiger partial charge >= 0.3 is 0 Å². The standard InChI is InChI=1S/C21H23FN2O4/c1-25-17-8-13(9-18(26-2)21(17)27-3)10-24-11-15-19(12-24)28-23-20(15)14-6-4-5-7-16(14)22/h4-9,15,19H,10-12H2,1-3H3/t15-,19+/m0/s1. The molecule has 0 spiro atoms. The predicted octanol–water partition coefficient (Wildman–Crippen LogP) is 3.09. The summed E-state index contributed by atoms with van der Waals surface area (Å²) in [4.78, 5) is 7.87. The van der Waals surface area contributed by atoms with Gasteiger partial charge in [0.2, 0.25) is 5.75 Å². The van der Waals surface area contributed by atoms with E-state index in [1.165, 1.54) is 6.07 Å². The summed E-state index contributed by atoms with van der Waals surface area (Å²) >= 11 is 0. The van der Waals surface area contributed by atoms with Crippen molar-refractivity contribution < 1.29 is 23.4 Å². The van der Waals surface area contributed by atoms with Crippen LogP contribution in [0.25, 0.3) is 0 Å². The third-order valence-corrected chi connectivity index (χ3v) is 5.26. The van der Waals surface area contributed by atoms with Crippen LogP contribution in [0.2, 0.25) is 0 Å². The van der Waals surface area contributed by atoms with Crippen molar-refractivity contribution in [2.24, 2.45) is 11.1 Å². The summed E-state index contributed by atoms with van der Waals surface area (Å²) in [5.41, 5.74) is 2.25. The molecule has 0 aromatic heterocycles. The molecule has 0 saturated carbocycles. The van der Waals surface area contributed by atoms with Gasteiger partial charge in [-0.1, -0.05) is 23.4 Å². The molecular weight excluding hydrogens is 363 g/mol. The Hall–Kier alpha value is -2.80. The quantitative estimate of drug-likeness (QED) is 0.764. The van der Waals surface area contributed by atoms with Gasteiger partial charge in [0.25, 0.3) is 0 Å². The van der Waals surface area contributed by atoms with Crippen molar-refractivity contribution in [1.29, 1.82) is 0 Å². The Morgan fingerprint density at radius 3 is 2.43 bits per heavy atom. The van der Waals surface area contributed by atoms with Crippen LogP contribution in [-0.2, 0) is 11.4 Å². The van der Waals surface area contributed by atoms with Crippen LogP contribution in [0.1, 0.15) is 11.1 Å². The van der Waals surface area contributed by atoms with Crippen molar-refractivity contribution in [2.75, 3.05) is 34.4 Å². The number of nitrogens with zero attached hydrogens (tertiary/aromatic N) is 2. The Morgan fingerprint density at radius 2 is 1.79 bits per heavy atom. The second kappa shape index (κ2) is 7.67. The van der Waals surface area contributed by atoms with Crippen molar-refractivity contribution in [3.8, 4) is 17.2 Å². The maximum atomic E-state index is 14.2. The fourth-order valence-electron chi connectivity index (χ4n) is 3.95. The molecule has 2 aromatic carbocycles. The van der Waals surface area contributed by atoms with Crippen LogP contribution < -0.4 is 14.2 Å². The summed E-state index contributed by atoms with van der Waals surface area (Å²) in [6.45, 7) is 2.16. The molecule has 0 aliphatic carbocycles. The molecule has 4 rings (SSSR count). The summed E-state index contributed by atoms with van der Waals surface area (Å²) in [5, 5.41) is 4.16. The number of fused-ring (bicyclic) bond motifs is 1. The van der Waals surface area contributed by atoms with E-state index in [0.717, 1.165) is 18.7 Å². The Morgan fingerprint density at radius 1 is 1.07 bits per heavy atom. The van der Waals surface area contributed by atoms with Crippen LogP contribution in [0.15, 0.2) is 41.6 Å². The van der Waals surface area contributed by atoms with E-state index in [0.29, 0.717) is 35.1 Å². The second-order valence-corrected chi connectivity index (χ2v) is 6.93. The maximum Gasteiger partial charge on any atom is 0.203 e. The van der Waals surface area contributed by atoms with Crippen LogP contribution >= 0.6 is 0 Å². The molecule has 2 heterocycles. The Balaban J connectivity index is 1.52. The number of benzene rings is 2. The average Bonchev–Trinajstić information content (AvgIpc) is 3.27. The smallest absolute Gasteiger partial charge is 0.203 e. The van der Waals surface area contributed by atoms with Gasteiger partial charge in [0.15, 0.2) is 11.5 Å². The number of likely N-dealkylation sites (tertiary alicyclic amines) is 1. The largest absolute Gasteiger partial charge is 0.493 e. The number of ether oxygens (including phenoxy) is 3. The van der Waals surface area contributed by atoms with Gasteiger partial charge < -0.3 is 19.0 Å². The molecule has 28 heavy (non-hydrogen) atoms. The first-order chi connectivity index (χ1) is 13.6. The summed E-state index contributed by atoms with van der Waals surface area (Å²) in [5.74, 6) is 1.61. The molecule has 7 heteroatoms. The number of methoxy groups -OCH3 is 3. The highest BCUT2D eigenvalue weighted by atomic mass is 19.1. The van der Waals surface area contributed by atoms with Gasteiger partial charge in [0.1, 0.15) is 11.9 Å². The average molecular weight is 386 g/mol. The topological polar surface area (TPSA) is 52.5 Å². The minimum Gasteiger partial charge on any atom is -0.493 e. The third kappa shape index (κ3) is 3.26. The van der Waals surface area contributed by atoms with Crippen molar-refractivity contribution in [3.05, 3.63) is 53.3 Å². The van der Waals surface area contributed by atoms with Gasteiger partial charge in [-0.2, -0.15) is 0 Å². The summed E-state index contributed by atoms with van der Waals surface area (Å²) in [6, 6.07) is 10.6. The Kier molecular flexibility index (Phi) is 5.09. The van der Waals surface area contributed by atoms with Crippen molar-refractivity contribution in [3.63, 3.8) is 0 Å². The van der Waals surface area contributed by atoms with E-state index < -0.39 is 0 Å². The van der Waals surface area contributed by atoms with Crippen molar-refractivity contribution in [1.82, 2.24) is 4.90 Å². The Labute approximate surface area is 163 Å². The highest BCUT2D eigenvalue weighted by molar-refractivity contribution is 6.03. The molecule has 0 N–H and O–H groups in total. The lowest BCUT2D eigenvalue weighted by Crippen LogP contribution is -2.23. The Bertz CT molecular complexity index is 877. The molecule has 148 valence electrons. The minimum atomic E-state index is -0.270. The lowest BCUT2D eigenvalue weighted by Gasteiger charge is -2.19. The number of hydrogen-bond acceptors (Lipinski definition) is 6. The summed E-state index contributed by atoms with van der Waals surface area (Å²) in [6.07, 6.45) is -0.0587. The zero-order valence-corrected chi connectivity index (χ0v) is 16.1. The van der Waals surface area contributed by atoms with E-state index in [9.17, 15) is 4.39 Å². The maximum absolute atomic E-state index is 14.2. The highest BCUT2D eigenvalue weighted by Gasteiger charge is 2.43. The molecular formula is C21H23FN2O4. The fraction of sp³-hybridized carbons (Fsp3) is 0.381. The SMILES string of the molecule is COc1cc(CN2C[C@@H]3C(c4ccccc4F)=NO[C@@H]3C2)cc(OC)c1OC. The van der Waals surface area contributed by atoms with Crippen LogP contribution in [0, 0.1) is 11.7 Å². The first-order valence-electron chi connectivity index (χ1n) is 9.14. The van der Waals surface area contributed by atoms with E-state index in [1.807, 2.05) is 18.2 Å². The fourth-order valence-corrected chi connectivity index (χ4v) is 3.95. The lowest BCUT2D eigenvalue weighted by molar-refractivity contribution is 0.0745. The van der Waals surface area contributed by atoms with Gasteiger partial charge in [-0.25, -0.2) is 4.39 Å². The zero-order valence-electron chi connectivity index (χ0n) is 16.1. The summed E-state index contributed by atoms with van der Waals surface area (Å²) in [7, 11) is 4.79. The van der Waals surface area contributed by atoms with Gasteiger partial charge in [-0.3, -0.25) is 4.90 Å². The predicted molar refractivity (Wildman–Crippen MR) is 103 cm³/mol. The zero-order chi connectivity index (χ0) is 19.7. The highest BCUT2D eigenvalue weighted by Crippen LogP contribution is 2.39. The number of oxime groups is 1. The monoisotopic (exact) mass is 386 g/mol. The molecule has 2 aliphatic rings. The van der Waals surface area contributed by atoms with Gasteiger partial charge in [-0.05, 0) is 23.8 Å². The van der Waals surface area contributed by atoms with E-state index in [2.05, 4.69) is 10.1 Å². The molecule has 0 amide bonds. The van der Waals surface area contributed by atoms with Gasteiger partial charge in [0.05, 0.1) is 33.0 Å². The van der Waals surface area contributed by atoms with E-state index >= 15 is 0 Å². The lowest BCUT2D eigenvalue weighted by atomic mass is 9.94. The first-order valence-corrected chi connectivity index (χ1v) is 9.14. The van der Waals surface area contributed by atoms with Crippen molar-refractivity contribution >= 4 is 5.71 Å². The molecule has 1 saturated heterocycles. The summed E-state index contributed by atoms with van der Waals surface area (Å²) < 4.78 is 30.4. The van der Waals surface area contributed by atoms with Crippen LogP contribution in [0.4, 0.5) is 4.39 Å². The normalized spacial score (nSPS) is 21.1. The van der Waals surface area contributed by atoms with Gasteiger partial charge in [0, 0.05) is 25.2 Å². The second-order valence-electron chi connectivity index (χ2n) is 6.93. The molecule has 2 aliphatic heterocycles. The molecule has 2 aromatic rings. The van der Waals surface area contributed by atoms with Crippen LogP contribution in [-0.4, -0.2) is 51.1 Å². The molecule has 0 unspecified atom stereocenters. The minimum absolute atomic E-state index is 0.0546. The van der Waals surface area contributed by atoms with Crippen LogP contribution in [0.5, 0.6) is 17.2 Å². The van der Waals surface area contributed by atoms with E-state index in [4.69, 9.17) is 19.0 Å². The number of halogens is 1. The molecule has 6 nitrogen and oxygen atoms in total. The van der Waals surface area contributed by atoms with Gasteiger partial charge in [-0.15, -0.1) is 0 Å².